The highest BCUT2D eigenvalue weighted by molar-refractivity contribution is 7.79. The first kappa shape index (κ1) is 22.1. The van der Waals surface area contributed by atoms with E-state index in [4.69, 9.17) is 14.7 Å². The summed E-state index contributed by atoms with van der Waals surface area (Å²) in [5, 5.41) is 0. The summed E-state index contributed by atoms with van der Waals surface area (Å²) < 4.78 is 39.5. The topological polar surface area (TPSA) is 92.6 Å². The van der Waals surface area contributed by atoms with Crippen LogP contribution in [0.4, 0.5) is 15.9 Å². The van der Waals surface area contributed by atoms with Crippen LogP contribution in [0.3, 0.4) is 0 Å². The predicted octanol–water partition coefficient (Wildman–Crippen LogP) is 4.89. The van der Waals surface area contributed by atoms with Gasteiger partial charge in [0, 0.05) is 17.8 Å². The Morgan fingerprint density at radius 1 is 1.06 bits per heavy atom. The Kier molecular flexibility index (Phi) is 5.80. The predicted molar refractivity (Wildman–Crippen MR) is 127 cm³/mol. The van der Waals surface area contributed by atoms with Gasteiger partial charge in [-0.25, -0.2) is 23.4 Å². The zero-order valence-corrected chi connectivity index (χ0v) is 19.0. The van der Waals surface area contributed by atoms with Crippen molar-refractivity contribution in [2.24, 2.45) is 0 Å². The molecule has 0 fully saturated rings. The Hall–Kier alpha value is -3.69. The highest BCUT2D eigenvalue weighted by Crippen LogP contribution is 2.39. The molecule has 172 valence electrons. The van der Waals surface area contributed by atoms with Crippen molar-refractivity contribution in [2.45, 2.75) is 17.7 Å². The van der Waals surface area contributed by atoms with Gasteiger partial charge in [0.1, 0.15) is 11.5 Å². The summed E-state index contributed by atoms with van der Waals surface area (Å²) in [5.74, 6) is -0.268. The molecular formula is C25H20FN3O4S. The van der Waals surface area contributed by atoms with E-state index in [1.54, 1.807) is 42.5 Å². The molecule has 0 radical (unpaired) electrons. The molecule has 0 bridgehead atoms. The first-order valence-electron chi connectivity index (χ1n) is 10.6. The van der Waals surface area contributed by atoms with Crippen molar-refractivity contribution >= 4 is 39.6 Å². The Labute approximate surface area is 197 Å². The summed E-state index contributed by atoms with van der Waals surface area (Å²) in [6, 6.07) is 16.2. The molecule has 7 nitrogen and oxygen atoms in total. The van der Waals surface area contributed by atoms with E-state index in [0.717, 1.165) is 24.1 Å². The number of rotatable bonds is 4. The molecule has 0 saturated heterocycles. The molecule has 1 N–H and O–H groups in total. The second-order valence-electron chi connectivity index (χ2n) is 7.89. The molecule has 1 aliphatic rings. The van der Waals surface area contributed by atoms with Gasteiger partial charge in [-0.05, 0) is 79.1 Å². The summed E-state index contributed by atoms with van der Waals surface area (Å²) in [6.45, 7) is 0.652. The molecule has 2 heterocycles. The molecule has 1 atom stereocenters. The number of nitrogens with zero attached hydrogens (tertiary/aromatic N) is 3. The van der Waals surface area contributed by atoms with Gasteiger partial charge in [-0.2, -0.15) is 0 Å². The first-order chi connectivity index (χ1) is 16.4. The van der Waals surface area contributed by atoms with Crippen LogP contribution in [-0.2, 0) is 22.2 Å². The lowest BCUT2D eigenvalue weighted by Gasteiger charge is -2.32. The Morgan fingerprint density at radius 3 is 2.59 bits per heavy atom. The number of aryl methyl sites for hydroxylation is 1. The number of hydrogen-bond acceptors (Lipinski definition) is 6. The first-order valence-corrected chi connectivity index (χ1v) is 11.7. The smallest absolute Gasteiger partial charge is 0.337 e. The SMILES string of the molecule is COC(=O)c1ccc2nc(-c3ccc(F)cc3)c(N3CCCc4cc(S(=O)O)ccc43)nc2c1. The number of fused-ring (bicyclic) bond motifs is 2. The third-order valence-corrected chi connectivity index (χ3v) is 6.47. The molecule has 1 unspecified atom stereocenters. The number of halogens is 1. The Balaban J connectivity index is 1.72. The van der Waals surface area contributed by atoms with Crippen LogP contribution >= 0.6 is 0 Å². The lowest BCUT2D eigenvalue weighted by molar-refractivity contribution is 0.0601. The minimum Gasteiger partial charge on any atom is -0.465 e. The Bertz CT molecular complexity index is 1440. The average Bonchev–Trinajstić information content (AvgIpc) is 2.86. The van der Waals surface area contributed by atoms with Gasteiger partial charge in [0.25, 0.3) is 0 Å². The summed E-state index contributed by atoms with van der Waals surface area (Å²) >= 11 is -2.07. The van der Waals surface area contributed by atoms with Crippen LogP contribution in [0.15, 0.2) is 65.6 Å². The second kappa shape index (κ2) is 8.92. The lowest BCUT2D eigenvalue weighted by atomic mass is 10.0. The van der Waals surface area contributed by atoms with Crippen molar-refractivity contribution in [3.8, 4) is 11.3 Å². The number of ether oxygens (including phenoxy) is 1. The van der Waals surface area contributed by atoms with Crippen molar-refractivity contribution in [3.05, 3.63) is 77.6 Å². The van der Waals surface area contributed by atoms with Gasteiger partial charge in [0.15, 0.2) is 16.9 Å². The lowest BCUT2D eigenvalue weighted by Crippen LogP contribution is -2.26. The maximum absolute atomic E-state index is 13.6. The van der Waals surface area contributed by atoms with Crippen LogP contribution in [0.5, 0.6) is 0 Å². The molecular weight excluding hydrogens is 457 g/mol. The summed E-state index contributed by atoms with van der Waals surface area (Å²) in [4.78, 5) is 24.1. The van der Waals surface area contributed by atoms with Gasteiger partial charge in [0.2, 0.25) is 0 Å². The third kappa shape index (κ3) is 4.04. The van der Waals surface area contributed by atoms with Gasteiger partial charge in [-0.15, -0.1) is 0 Å². The number of methoxy groups -OCH3 is 1. The van der Waals surface area contributed by atoms with Gasteiger partial charge in [-0.3, -0.25) is 0 Å². The van der Waals surface area contributed by atoms with E-state index in [2.05, 4.69) is 0 Å². The molecule has 4 aromatic rings. The van der Waals surface area contributed by atoms with E-state index in [1.165, 1.54) is 19.2 Å². The van der Waals surface area contributed by atoms with Crippen LogP contribution in [0.1, 0.15) is 22.3 Å². The highest BCUT2D eigenvalue weighted by atomic mass is 32.2. The zero-order chi connectivity index (χ0) is 23.8. The minimum absolute atomic E-state index is 0.340. The van der Waals surface area contributed by atoms with Crippen LogP contribution in [0, 0.1) is 5.82 Å². The zero-order valence-electron chi connectivity index (χ0n) is 18.2. The summed E-state index contributed by atoms with van der Waals surface area (Å²) in [5.41, 5.74) is 4.52. The van der Waals surface area contributed by atoms with E-state index in [1.807, 2.05) is 11.0 Å². The molecule has 0 spiro atoms. The molecule has 34 heavy (non-hydrogen) atoms. The second-order valence-corrected chi connectivity index (χ2v) is 8.86. The van der Waals surface area contributed by atoms with Crippen LogP contribution in [0.25, 0.3) is 22.3 Å². The summed E-state index contributed by atoms with van der Waals surface area (Å²) in [6.07, 6.45) is 1.57. The minimum atomic E-state index is -2.07. The maximum atomic E-state index is 13.6. The molecule has 0 amide bonds. The fourth-order valence-corrected chi connectivity index (χ4v) is 4.61. The van der Waals surface area contributed by atoms with Gasteiger partial charge < -0.3 is 14.2 Å². The van der Waals surface area contributed by atoms with Crippen molar-refractivity contribution in [3.63, 3.8) is 0 Å². The van der Waals surface area contributed by atoms with Crippen molar-refractivity contribution < 1.29 is 22.7 Å². The molecule has 0 aliphatic carbocycles. The highest BCUT2D eigenvalue weighted by Gasteiger charge is 2.25. The van der Waals surface area contributed by atoms with Crippen molar-refractivity contribution in [1.29, 1.82) is 0 Å². The monoisotopic (exact) mass is 477 g/mol. The third-order valence-electron chi connectivity index (χ3n) is 5.81. The molecule has 1 aromatic heterocycles. The normalized spacial score (nSPS) is 14.0. The number of carbonyl (C=O) groups excluding carboxylic acids is 1. The Morgan fingerprint density at radius 2 is 1.85 bits per heavy atom. The summed E-state index contributed by atoms with van der Waals surface area (Å²) in [7, 11) is 1.32. The maximum Gasteiger partial charge on any atom is 0.337 e. The molecule has 5 rings (SSSR count). The fraction of sp³-hybridized carbons (Fsp3) is 0.160. The van der Waals surface area contributed by atoms with Crippen molar-refractivity contribution in [2.75, 3.05) is 18.6 Å². The molecule has 9 heteroatoms. The standard InChI is InChI=1S/C25H20FN3O4S/c1-33-25(30)17-6-10-20-21(14-17)28-24(23(27-20)15-4-7-18(26)8-5-15)29-12-2-3-16-13-19(34(31)32)9-11-22(16)29/h4-11,13-14H,2-3,12H2,1H3,(H,31,32). The van der Waals surface area contributed by atoms with E-state index in [-0.39, 0.29) is 5.82 Å². The van der Waals surface area contributed by atoms with E-state index in [0.29, 0.717) is 45.1 Å². The number of hydrogen-bond donors (Lipinski definition) is 1. The fourth-order valence-electron chi connectivity index (χ4n) is 4.18. The number of benzene rings is 3. The quantitative estimate of drug-likeness (QED) is 0.331. The number of aromatic nitrogens is 2. The van der Waals surface area contributed by atoms with Crippen LogP contribution in [0.2, 0.25) is 0 Å². The van der Waals surface area contributed by atoms with Crippen LogP contribution in [-0.4, -0.2) is 38.4 Å². The largest absolute Gasteiger partial charge is 0.465 e. The average molecular weight is 478 g/mol. The van der Waals surface area contributed by atoms with Gasteiger partial charge in [-0.1, -0.05) is 0 Å². The van der Waals surface area contributed by atoms with Crippen LogP contribution < -0.4 is 4.90 Å². The van der Waals surface area contributed by atoms with Gasteiger partial charge >= 0.3 is 5.97 Å². The van der Waals surface area contributed by atoms with E-state index >= 15 is 0 Å². The molecule has 1 aliphatic heterocycles. The van der Waals surface area contributed by atoms with E-state index < -0.39 is 17.0 Å². The number of anilines is 2. The number of esters is 1. The molecule has 0 saturated carbocycles. The van der Waals surface area contributed by atoms with Gasteiger partial charge in [0.05, 0.1) is 28.6 Å². The van der Waals surface area contributed by atoms with E-state index in [9.17, 15) is 17.9 Å². The molecule has 3 aromatic carbocycles. The van der Waals surface area contributed by atoms with Crippen molar-refractivity contribution in [1.82, 2.24) is 9.97 Å². The number of carbonyl (C=O) groups is 1.